The minimum absolute atomic E-state index is 0.382. The molecule has 3 nitrogen and oxygen atoms in total. The van der Waals surface area contributed by atoms with E-state index in [2.05, 4.69) is 11.4 Å². The molecule has 0 aliphatic rings. The maximum atomic E-state index is 10.5. The quantitative estimate of drug-likeness (QED) is 0.893. The van der Waals surface area contributed by atoms with Crippen LogP contribution in [-0.2, 0) is 5.60 Å². The second-order valence-corrected chi connectivity index (χ2v) is 5.13. The Balaban J connectivity index is 2.14. The van der Waals surface area contributed by atoms with Gasteiger partial charge in [0.15, 0.2) is 0 Å². The Morgan fingerprint density at radius 3 is 2.55 bits per heavy atom. The molecule has 0 spiro atoms. The minimum atomic E-state index is -0.962. The lowest BCUT2D eigenvalue weighted by Gasteiger charge is -2.25. The van der Waals surface area contributed by atoms with E-state index >= 15 is 0 Å². The topological polar surface area (TPSA) is 56.0 Å². The van der Waals surface area contributed by atoms with Crippen LogP contribution in [0.3, 0.4) is 0 Å². The highest BCUT2D eigenvalue weighted by Gasteiger charge is 2.22. The fourth-order valence-corrected chi connectivity index (χ4v) is 2.05. The third kappa shape index (κ3) is 3.17. The molecule has 2 aromatic rings. The average molecular weight is 266 g/mol. The van der Waals surface area contributed by atoms with Gasteiger partial charge in [-0.05, 0) is 37.1 Å². The Bertz CT molecular complexity index is 627. The molecule has 2 N–H and O–H groups in total. The highest BCUT2D eigenvalue weighted by atomic mass is 16.3. The van der Waals surface area contributed by atoms with Crippen LogP contribution in [0.25, 0.3) is 0 Å². The lowest BCUT2D eigenvalue weighted by molar-refractivity contribution is 0.0715. The normalized spacial score (nSPS) is 13.3. The Morgan fingerprint density at radius 2 is 1.90 bits per heavy atom. The first-order valence-corrected chi connectivity index (χ1v) is 6.55. The van der Waals surface area contributed by atoms with E-state index in [0.29, 0.717) is 12.1 Å². The van der Waals surface area contributed by atoms with Crippen LogP contribution in [0.2, 0.25) is 0 Å². The largest absolute Gasteiger partial charge is 0.384 e. The lowest BCUT2D eigenvalue weighted by atomic mass is 9.96. The molecule has 0 aliphatic heterocycles. The summed E-state index contributed by atoms with van der Waals surface area (Å²) in [5, 5.41) is 22.7. The van der Waals surface area contributed by atoms with E-state index < -0.39 is 5.60 Å². The van der Waals surface area contributed by atoms with Gasteiger partial charge < -0.3 is 10.4 Å². The first-order valence-electron chi connectivity index (χ1n) is 6.55. The number of hydrogen-bond donors (Lipinski definition) is 2. The van der Waals surface area contributed by atoms with Gasteiger partial charge in [0.1, 0.15) is 5.60 Å². The van der Waals surface area contributed by atoms with Crippen molar-refractivity contribution in [1.82, 2.24) is 0 Å². The standard InChI is InChI=1S/C17H18N2O/c1-13-8-9-14(11-18)10-16(13)19-12-17(2,20)15-6-4-3-5-7-15/h3-10,19-20H,12H2,1-2H3. The molecule has 20 heavy (non-hydrogen) atoms. The van der Waals surface area contributed by atoms with Crippen molar-refractivity contribution in [3.63, 3.8) is 0 Å². The summed E-state index contributed by atoms with van der Waals surface area (Å²) in [6.45, 7) is 4.13. The zero-order valence-electron chi connectivity index (χ0n) is 11.7. The van der Waals surface area contributed by atoms with E-state index in [0.717, 1.165) is 16.8 Å². The molecule has 102 valence electrons. The number of nitriles is 1. The van der Waals surface area contributed by atoms with Crippen LogP contribution in [0.4, 0.5) is 5.69 Å². The molecule has 1 atom stereocenters. The van der Waals surface area contributed by atoms with Gasteiger partial charge in [0.2, 0.25) is 0 Å². The first kappa shape index (κ1) is 14.1. The highest BCUT2D eigenvalue weighted by molar-refractivity contribution is 5.55. The maximum absolute atomic E-state index is 10.5. The van der Waals surface area contributed by atoms with Crippen molar-refractivity contribution in [3.05, 3.63) is 65.2 Å². The Hall–Kier alpha value is -2.31. The van der Waals surface area contributed by atoms with Crippen molar-refractivity contribution >= 4 is 5.69 Å². The molecule has 0 aliphatic carbocycles. The summed E-state index contributed by atoms with van der Waals surface area (Å²) in [6, 6.07) is 17.2. The fraction of sp³-hybridized carbons (Fsp3) is 0.235. The molecule has 0 saturated carbocycles. The van der Waals surface area contributed by atoms with Crippen LogP contribution in [0.15, 0.2) is 48.5 Å². The zero-order valence-corrected chi connectivity index (χ0v) is 11.7. The van der Waals surface area contributed by atoms with E-state index in [1.807, 2.05) is 43.3 Å². The molecule has 3 heteroatoms. The summed E-state index contributed by atoms with van der Waals surface area (Å²) < 4.78 is 0. The van der Waals surface area contributed by atoms with Crippen LogP contribution >= 0.6 is 0 Å². The summed E-state index contributed by atoms with van der Waals surface area (Å²) in [7, 11) is 0. The lowest BCUT2D eigenvalue weighted by Crippen LogP contribution is -2.30. The third-order valence-corrected chi connectivity index (χ3v) is 3.39. The Kier molecular flexibility index (Phi) is 4.07. The van der Waals surface area contributed by atoms with Gasteiger partial charge in [-0.2, -0.15) is 5.26 Å². The van der Waals surface area contributed by atoms with Crippen molar-refractivity contribution in [2.45, 2.75) is 19.4 Å². The Labute approximate surface area is 119 Å². The number of aryl methyl sites for hydroxylation is 1. The summed E-state index contributed by atoms with van der Waals surface area (Å²) in [6.07, 6.45) is 0. The van der Waals surface area contributed by atoms with E-state index in [1.54, 1.807) is 19.1 Å². The van der Waals surface area contributed by atoms with E-state index in [-0.39, 0.29) is 0 Å². The maximum Gasteiger partial charge on any atom is 0.104 e. The molecule has 0 aromatic heterocycles. The zero-order chi connectivity index (χ0) is 14.6. The van der Waals surface area contributed by atoms with Gasteiger partial charge in [-0.15, -0.1) is 0 Å². The van der Waals surface area contributed by atoms with Crippen molar-refractivity contribution in [2.75, 3.05) is 11.9 Å². The summed E-state index contributed by atoms with van der Waals surface area (Å²) in [4.78, 5) is 0. The molecule has 1 unspecified atom stereocenters. The van der Waals surface area contributed by atoms with Gasteiger partial charge in [-0.25, -0.2) is 0 Å². The van der Waals surface area contributed by atoms with Crippen LogP contribution < -0.4 is 5.32 Å². The van der Waals surface area contributed by atoms with Crippen molar-refractivity contribution in [3.8, 4) is 6.07 Å². The smallest absolute Gasteiger partial charge is 0.104 e. The average Bonchev–Trinajstić information content (AvgIpc) is 2.47. The molecule has 0 radical (unpaired) electrons. The van der Waals surface area contributed by atoms with Gasteiger partial charge in [0, 0.05) is 12.2 Å². The summed E-state index contributed by atoms with van der Waals surface area (Å²) >= 11 is 0. The molecular weight excluding hydrogens is 248 g/mol. The number of anilines is 1. The second kappa shape index (κ2) is 5.77. The van der Waals surface area contributed by atoms with E-state index in [9.17, 15) is 5.11 Å². The predicted octanol–water partition coefficient (Wildman–Crippen LogP) is 3.19. The monoisotopic (exact) mass is 266 g/mol. The van der Waals surface area contributed by atoms with Gasteiger partial charge in [0.25, 0.3) is 0 Å². The summed E-state index contributed by atoms with van der Waals surface area (Å²) in [5.74, 6) is 0. The van der Waals surface area contributed by atoms with E-state index in [4.69, 9.17) is 5.26 Å². The molecule has 0 amide bonds. The third-order valence-electron chi connectivity index (χ3n) is 3.39. The number of hydrogen-bond acceptors (Lipinski definition) is 3. The molecule has 2 aromatic carbocycles. The minimum Gasteiger partial charge on any atom is -0.384 e. The number of aliphatic hydroxyl groups is 1. The molecule has 0 fully saturated rings. The number of nitrogens with zero attached hydrogens (tertiary/aromatic N) is 1. The van der Waals surface area contributed by atoms with Crippen molar-refractivity contribution < 1.29 is 5.11 Å². The van der Waals surface area contributed by atoms with Crippen LogP contribution in [0.1, 0.15) is 23.6 Å². The van der Waals surface area contributed by atoms with Gasteiger partial charge >= 0.3 is 0 Å². The highest BCUT2D eigenvalue weighted by Crippen LogP contribution is 2.23. The first-order chi connectivity index (χ1) is 9.53. The number of benzene rings is 2. The molecule has 0 saturated heterocycles. The SMILES string of the molecule is Cc1ccc(C#N)cc1NCC(C)(O)c1ccccc1. The number of nitrogens with one attached hydrogen (secondary N) is 1. The van der Waals surface area contributed by atoms with Crippen molar-refractivity contribution in [1.29, 1.82) is 5.26 Å². The Morgan fingerprint density at radius 1 is 1.20 bits per heavy atom. The molecule has 0 bridgehead atoms. The van der Waals surface area contributed by atoms with Crippen LogP contribution in [0, 0.1) is 18.3 Å². The number of rotatable bonds is 4. The summed E-state index contributed by atoms with van der Waals surface area (Å²) in [5.41, 5.74) is 2.43. The van der Waals surface area contributed by atoms with Crippen LogP contribution in [0.5, 0.6) is 0 Å². The predicted molar refractivity (Wildman–Crippen MR) is 80.4 cm³/mol. The van der Waals surface area contributed by atoms with Gasteiger partial charge in [-0.1, -0.05) is 36.4 Å². The van der Waals surface area contributed by atoms with Crippen molar-refractivity contribution in [2.24, 2.45) is 0 Å². The van der Waals surface area contributed by atoms with E-state index in [1.165, 1.54) is 0 Å². The second-order valence-electron chi connectivity index (χ2n) is 5.13. The molecule has 0 heterocycles. The van der Waals surface area contributed by atoms with Gasteiger partial charge in [-0.3, -0.25) is 0 Å². The van der Waals surface area contributed by atoms with Gasteiger partial charge in [0.05, 0.1) is 11.6 Å². The van der Waals surface area contributed by atoms with Crippen LogP contribution in [-0.4, -0.2) is 11.7 Å². The molecular formula is C17H18N2O. The molecule has 2 rings (SSSR count). The fourth-order valence-electron chi connectivity index (χ4n) is 2.05.